The van der Waals surface area contributed by atoms with E-state index in [0.717, 1.165) is 5.56 Å². The Balaban J connectivity index is 1.45. The van der Waals surface area contributed by atoms with E-state index in [2.05, 4.69) is 20.6 Å². The standard InChI is InChI=1S/C25H30N6O4/c1-3-35-24(33)17(2)27-25(34)28-19-11-14-30(15-12-19)22-23(32)31(16-18-8-5-4-6-9-18)21-20(29-22)10-7-13-26-21/h4-10,13,17,19H,3,11-12,14-16H2,1-2H3,(H2,27,28,34)/t17-/m1/s1. The van der Waals surface area contributed by atoms with Gasteiger partial charge in [0.1, 0.15) is 11.6 Å². The molecular weight excluding hydrogens is 448 g/mol. The van der Waals surface area contributed by atoms with Crippen molar-refractivity contribution in [2.75, 3.05) is 24.6 Å². The highest BCUT2D eigenvalue weighted by molar-refractivity contribution is 5.83. The molecule has 1 fully saturated rings. The lowest BCUT2D eigenvalue weighted by Crippen LogP contribution is -2.51. The molecule has 0 saturated carbocycles. The lowest BCUT2D eigenvalue weighted by Gasteiger charge is -2.33. The van der Waals surface area contributed by atoms with Gasteiger partial charge < -0.3 is 20.3 Å². The summed E-state index contributed by atoms with van der Waals surface area (Å²) in [5.74, 6) is -0.0821. The van der Waals surface area contributed by atoms with Crippen LogP contribution < -0.4 is 21.1 Å². The van der Waals surface area contributed by atoms with E-state index in [1.165, 1.54) is 0 Å². The molecule has 4 rings (SSSR count). The van der Waals surface area contributed by atoms with Crippen molar-refractivity contribution in [3.8, 4) is 0 Å². The molecular formula is C25H30N6O4. The fraction of sp³-hybridized carbons (Fsp3) is 0.400. The lowest BCUT2D eigenvalue weighted by molar-refractivity contribution is -0.144. The fourth-order valence-electron chi connectivity index (χ4n) is 4.17. The van der Waals surface area contributed by atoms with Crippen LogP contribution in [0, 0.1) is 0 Å². The third-order valence-corrected chi connectivity index (χ3v) is 5.99. The summed E-state index contributed by atoms with van der Waals surface area (Å²) >= 11 is 0. The molecule has 184 valence electrons. The minimum Gasteiger partial charge on any atom is -0.464 e. The van der Waals surface area contributed by atoms with Gasteiger partial charge in [0.25, 0.3) is 5.56 Å². The van der Waals surface area contributed by atoms with E-state index in [-0.39, 0.29) is 18.2 Å². The number of fused-ring (bicyclic) bond motifs is 1. The van der Waals surface area contributed by atoms with Crippen molar-refractivity contribution in [2.24, 2.45) is 0 Å². The van der Waals surface area contributed by atoms with Crippen LogP contribution in [-0.4, -0.2) is 58.3 Å². The highest BCUT2D eigenvalue weighted by atomic mass is 16.5. The van der Waals surface area contributed by atoms with Crippen molar-refractivity contribution in [1.82, 2.24) is 25.2 Å². The molecule has 1 atom stereocenters. The summed E-state index contributed by atoms with van der Waals surface area (Å²) in [5, 5.41) is 5.51. The molecule has 0 radical (unpaired) electrons. The molecule has 35 heavy (non-hydrogen) atoms. The minimum atomic E-state index is -0.728. The van der Waals surface area contributed by atoms with Crippen LogP contribution in [0.3, 0.4) is 0 Å². The number of amides is 2. The van der Waals surface area contributed by atoms with Gasteiger partial charge in [-0.15, -0.1) is 0 Å². The van der Waals surface area contributed by atoms with Gasteiger partial charge in [-0.05, 0) is 44.4 Å². The van der Waals surface area contributed by atoms with Crippen molar-refractivity contribution >= 4 is 29.0 Å². The molecule has 10 nitrogen and oxygen atoms in total. The van der Waals surface area contributed by atoms with E-state index in [1.54, 1.807) is 24.6 Å². The number of aromatic nitrogens is 3. The summed E-state index contributed by atoms with van der Waals surface area (Å²) in [6, 6.07) is 12.2. The van der Waals surface area contributed by atoms with E-state index < -0.39 is 18.0 Å². The summed E-state index contributed by atoms with van der Waals surface area (Å²) in [7, 11) is 0. The first-order valence-corrected chi connectivity index (χ1v) is 11.8. The maximum absolute atomic E-state index is 13.5. The quantitative estimate of drug-likeness (QED) is 0.499. The number of pyridine rings is 1. The minimum absolute atomic E-state index is 0.0747. The predicted molar refractivity (Wildman–Crippen MR) is 132 cm³/mol. The number of hydrogen-bond acceptors (Lipinski definition) is 7. The Morgan fingerprint density at radius 1 is 1.14 bits per heavy atom. The smallest absolute Gasteiger partial charge is 0.328 e. The molecule has 1 aliphatic rings. The summed E-state index contributed by atoms with van der Waals surface area (Å²) in [5.41, 5.74) is 2.02. The van der Waals surface area contributed by atoms with E-state index in [4.69, 9.17) is 4.74 Å². The fourth-order valence-corrected chi connectivity index (χ4v) is 4.17. The van der Waals surface area contributed by atoms with Crippen LogP contribution in [0.4, 0.5) is 10.6 Å². The number of nitrogens with zero attached hydrogens (tertiary/aromatic N) is 4. The average molecular weight is 479 g/mol. The zero-order valence-corrected chi connectivity index (χ0v) is 19.9. The van der Waals surface area contributed by atoms with E-state index in [1.807, 2.05) is 47.4 Å². The third-order valence-electron chi connectivity index (χ3n) is 5.99. The zero-order valence-electron chi connectivity index (χ0n) is 19.9. The van der Waals surface area contributed by atoms with Gasteiger partial charge in [0.05, 0.1) is 13.2 Å². The third kappa shape index (κ3) is 5.76. The molecule has 3 heterocycles. The number of ether oxygens (including phenoxy) is 1. The first kappa shape index (κ1) is 24.2. The Kier molecular flexibility index (Phi) is 7.59. The normalized spacial score (nSPS) is 15.0. The van der Waals surface area contributed by atoms with Crippen LogP contribution in [0.1, 0.15) is 32.3 Å². The largest absolute Gasteiger partial charge is 0.464 e. The van der Waals surface area contributed by atoms with Gasteiger partial charge in [-0.3, -0.25) is 9.36 Å². The van der Waals surface area contributed by atoms with E-state index in [0.29, 0.717) is 49.5 Å². The van der Waals surface area contributed by atoms with Gasteiger partial charge in [0.15, 0.2) is 11.5 Å². The first-order chi connectivity index (χ1) is 17.0. The summed E-state index contributed by atoms with van der Waals surface area (Å²) in [6.07, 6.45) is 2.95. The van der Waals surface area contributed by atoms with Gasteiger partial charge in [0, 0.05) is 25.3 Å². The van der Waals surface area contributed by atoms with Crippen molar-refractivity contribution in [3.05, 3.63) is 64.6 Å². The summed E-state index contributed by atoms with van der Waals surface area (Å²) in [4.78, 5) is 48.5. The molecule has 0 unspecified atom stereocenters. The summed E-state index contributed by atoms with van der Waals surface area (Å²) < 4.78 is 6.58. The lowest BCUT2D eigenvalue weighted by atomic mass is 10.1. The van der Waals surface area contributed by atoms with Crippen molar-refractivity contribution < 1.29 is 14.3 Å². The zero-order chi connectivity index (χ0) is 24.8. The van der Waals surface area contributed by atoms with E-state index in [9.17, 15) is 14.4 Å². The van der Waals surface area contributed by atoms with Crippen molar-refractivity contribution in [1.29, 1.82) is 0 Å². The number of piperidine rings is 1. The molecule has 3 aromatic rings. The first-order valence-electron chi connectivity index (χ1n) is 11.8. The van der Waals surface area contributed by atoms with Crippen molar-refractivity contribution in [2.45, 2.75) is 45.3 Å². The van der Waals surface area contributed by atoms with Crippen molar-refractivity contribution in [3.63, 3.8) is 0 Å². The van der Waals surface area contributed by atoms with Crippen LogP contribution in [-0.2, 0) is 16.1 Å². The second kappa shape index (κ2) is 11.0. The van der Waals surface area contributed by atoms with Crippen LogP contribution in [0.2, 0.25) is 0 Å². The molecule has 2 aromatic heterocycles. The molecule has 0 spiro atoms. The SMILES string of the molecule is CCOC(=O)[C@@H](C)NC(=O)NC1CCN(c2nc3cccnc3n(Cc3ccccc3)c2=O)CC1. The van der Waals surface area contributed by atoms with Gasteiger partial charge >= 0.3 is 12.0 Å². The topological polar surface area (TPSA) is 118 Å². The van der Waals surface area contributed by atoms with E-state index >= 15 is 0 Å². The second-order valence-corrected chi connectivity index (χ2v) is 8.51. The molecule has 1 aromatic carbocycles. The molecule has 2 N–H and O–H groups in total. The van der Waals surface area contributed by atoms with Crippen LogP contribution in [0.5, 0.6) is 0 Å². The number of anilines is 1. The van der Waals surface area contributed by atoms with Gasteiger partial charge in [-0.1, -0.05) is 30.3 Å². The number of carbonyl (C=O) groups excluding carboxylic acids is 2. The van der Waals surface area contributed by atoms with Crippen LogP contribution >= 0.6 is 0 Å². The summed E-state index contributed by atoms with van der Waals surface area (Å²) in [6.45, 7) is 5.10. The Hall–Kier alpha value is -3.95. The molecule has 10 heteroatoms. The Morgan fingerprint density at radius 3 is 2.60 bits per heavy atom. The Morgan fingerprint density at radius 2 is 1.89 bits per heavy atom. The number of rotatable bonds is 7. The van der Waals surface area contributed by atoms with Gasteiger partial charge in [0.2, 0.25) is 0 Å². The molecule has 1 saturated heterocycles. The number of hydrogen-bond donors (Lipinski definition) is 2. The van der Waals surface area contributed by atoms with Gasteiger partial charge in [-0.25, -0.2) is 19.6 Å². The molecule has 0 aliphatic carbocycles. The number of urea groups is 1. The van der Waals surface area contributed by atoms with Crippen LogP contribution in [0.15, 0.2) is 53.5 Å². The highest BCUT2D eigenvalue weighted by Gasteiger charge is 2.26. The second-order valence-electron chi connectivity index (χ2n) is 8.51. The number of carbonyl (C=O) groups is 2. The number of nitrogens with one attached hydrogen (secondary N) is 2. The number of benzene rings is 1. The Labute approximate surface area is 203 Å². The molecule has 2 amide bonds. The van der Waals surface area contributed by atoms with Gasteiger partial charge in [-0.2, -0.15) is 0 Å². The van der Waals surface area contributed by atoms with Crippen LogP contribution in [0.25, 0.3) is 11.2 Å². The number of esters is 1. The maximum atomic E-state index is 13.5. The maximum Gasteiger partial charge on any atom is 0.328 e. The highest BCUT2D eigenvalue weighted by Crippen LogP contribution is 2.18. The molecule has 0 bridgehead atoms. The Bertz CT molecular complexity index is 1240. The average Bonchev–Trinajstić information content (AvgIpc) is 2.87. The molecule has 1 aliphatic heterocycles. The monoisotopic (exact) mass is 478 g/mol. The predicted octanol–water partition coefficient (Wildman–Crippen LogP) is 2.06.